The van der Waals surface area contributed by atoms with Crippen molar-refractivity contribution < 1.29 is 129 Å². The van der Waals surface area contributed by atoms with E-state index in [0.29, 0.717) is 38.5 Å². The van der Waals surface area contributed by atoms with Crippen molar-refractivity contribution in [2.24, 2.45) is 45.3 Å². The molecule has 84 heavy (non-hydrogen) atoms. The van der Waals surface area contributed by atoms with Gasteiger partial charge in [-0.25, -0.2) is 0 Å². The molecular formula is C58H98O26. The van der Waals surface area contributed by atoms with Crippen molar-refractivity contribution in [2.75, 3.05) is 33.0 Å². The highest BCUT2D eigenvalue weighted by atomic mass is 16.8. The lowest BCUT2D eigenvalue weighted by Gasteiger charge is -2.71. The normalized spacial score (nSPS) is 53.0. The molecular weight excluding hydrogens is 1110 g/mol. The van der Waals surface area contributed by atoms with E-state index in [1.54, 1.807) is 0 Å². The van der Waals surface area contributed by atoms with Gasteiger partial charge >= 0.3 is 0 Å². The largest absolute Gasteiger partial charge is 0.394 e. The second-order valence-corrected chi connectivity index (χ2v) is 27.7. The first kappa shape index (κ1) is 67.1. The molecule has 9 rings (SSSR count). The predicted molar refractivity (Wildman–Crippen MR) is 287 cm³/mol. The third-order valence-electron chi connectivity index (χ3n) is 22.2. The highest BCUT2D eigenvalue weighted by Gasteiger charge is 2.72. The molecule has 5 saturated heterocycles. The molecule has 4 saturated carbocycles. The zero-order valence-corrected chi connectivity index (χ0v) is 49.5. The molecule has 0 aromatic heterocycles. The summed E-state index contributed by atoms with van der Waals surface area (Å²) < 4.78 is 60.3. The Labute approximate surface area is 490 Å². The van der Waals surface area contributed by atoms with E-state index in [9.17, 15) is 81.7 Å². The first-order valence-corrected chi connectivity index (χ1v) is 30.2. The summed E-state index contributed by atoms with van der Waals surface area (Å²) in [6.45, 7) is 14.5. The molecule has 0 bridgehead atoms. The van der Waals surface area contributed by atoms with Crippen molar-refractivity contribution >= 4 is 0 Å². The summed E-state index contributed by atoms with van der Waals surface area (Å²) >= 11 is 0. The van der Waals surface area contributed by atoms with Crippen LogP contribution in [0.5, 0.6) is 0 Å². The lowest BCUT2D eigenvalue weighted by molar-refractivity contribution is -0.378. The van der Waals surface area contributed by atoms with Gasteiger partial charge < -0.3 is 129 Å². The van der Waals surface area contributed by atoms with Crippen LogP contribution in [0.2, 0.25) is 0 Å². The number of allylic oxidation sites excluding steroid dienone is 2. The fourth-order valence-electron chi connectivity index (χ4n) is 17.2. The highest BCUT2D eigenvalue weighted by Crippen LogP contribution is 2.76. The average molecular weight is 1210 g/mol. The van der Waals surface area contributed by atoms with Crippen molar-refractivity contribution in [1.29, 1.82) is 0 Å². The van der Waals surface area contributed by atoms with Crippen molar-refractivity contribution in [3.05, 3.63) is 11.6 Å². The molecule has 9 fully saturated rings. The molecule has 9 aliphatic rings. The van der Waals surface area contributed by atoms with E-state index in [1.165, 1.54) is 0 Å². The number of hydrogen-bond donors (Lipinski definition) is 16. The average Bonchev–Trinajstić information content (AvgIpc) is 1.25. The fourth-order valence-corrected chi connectivity index (χ4v) is 17.2. The molecule has 26 heteroatoms. The molecule has 29 unspecified atom stereocenters. The molecule has 0 radical (unpaired) electrons. The minimum atomic E-state index is -1.82. The standard InChI is InChI=1S/C58H98O26/c1-24(2)10-9-14-58(8,84-52-47(74)42(69)39(66)30(81-52)22-76-49-45(72)40(67)31(23-77-49)80-50-44(71)36(63)27(62)21-75-50)25-11-16-57(7)35(25)26(61)18-33-55(5)15-13-34(54(3,4)32(55)12-17-56(33,57)6)82-53-48(43(70)38(65)29(20-60)79-53)83-51-46(73)41(68)37(64)28(19-59)78-51/h10,25-53,59-74H,9,11-23H2,1-8H3/t25?,26?,27?,28?,29?,30?,31?,32?,33?,34?,35?,36?,37?,38?,39?,40?,41?,42?,43?,44?,45?,46?,47?,48?,49?,50?,51?,52?,53?,55-,56+,57+,58-/m0/s1. The molecule has 0 amide bonds. The van der Waals surface area contributed by atoms with Crippen molar-refractivity contribution in [3.63, 3.8) is 0 Å². The Morgan fingerprint density at radius 3 is 1.76 bits per heavy atom. The number of ether oxygens (including phenoxy) is 10. The molecule has 0 spiro atoms. The zero-order valence-electron chi connectivity index (χ0n) is 49.5. The van der Waals surface area contributed by atoms with Gasteiger partial charge in [0, 0.05) is 0 Å². The zero-order chi connectivity index (χ0) is 61.5. The highest BCUT2D eigenvalue weighted by molar-refractivity contribution is 5.21. The lowest BCUT2D eigenvalue weighted by atomic mass is 9.35. The first-order valence-electron chi connectivity index (χ1n) is 30.2. The van der Waals surface area contributed by atoms with Crippen molar-refractivity contribution in [1.82, 2.24) is 0 Å². The van der Waals surface area contributed by atoms with Crippen LogP contribution in [0.3, 0.4) is 0 Å². The summed E-state index contributed by atoms with van der Waals surface area (Å²) in [6, 6.07) is 0. The van der Waals surface area contributed by atoms with Gasteiger partial charge in [-0.2, -0.15) is 0 Å². The SMILES string of the molecule is CC(C)=CCC[C@](C)(OC1OC(COC2OCC(OC3OCC(O)C(O)C3O)C(O)C2O)C(O)C(O)C1O)C1CC[C@]2(C)C1C(O)CC1[C@@]3(C)CCC(OC4OC(CO)C(O)C(O)C4OC4OC(CO)C(O)C(O)C4O)C(C)(C)C3CC[C@]12C. The van der Waals surface area contributed by atoms with E-state index < -0.39 is 190 Å². The summed E-state index contributed by atoms with van der Waals surface area (Å²) in [5, 5.41) is 174. The van der Waals surface area contributed by atoms with E-state index >= 15 is 0 Å². The Bertz CT molecular complexity index is 2210. The van der Waals surface area contributed by atoms with Crippen LogP contribution < -0.4 is 0 Å². The smallest absolute Gasteiger partial charge is 0.187 e. The van der Waals surface area contributed by atoms with E-state index in [1.807, 2.05) is 20.8 Å². The number of rotatable bonds is 17. The van der Waals surface area contributed by atoms with E-state index in [4.69, 9.17) is 47.4 Å². The van der Waals surface area contributed by atoms with Crippen LogP contribution in [0.15, 0.2) is 11.6 Å². The lowest BCUT2D eigenvalue weighted by Crippen LogP contribution is -2.68. The molecule has 26 nitrogen and oxygen atoms in total. The molecule has 486 valence electrons. The van der Waals surface area contributed by atoms with Crippen LogP contribution in [-0.2, 0) is 47.4 Å². The van der Waals surface area contributed by atoms with Crippen LogP contribution in [0.25, 0.3) is 0 Å². The summed E-state index contributed by atoms with van der Waals surface area (Å²) in [6.07, 6.45) is -29.8. The molecule has 4 aliphatic carbocycles. The van der Waals surface area contributed by atoms with Gasteiger partial charge in [0.2, 0.25) is 0 Å². The maximum Gasteiger partial charge on any atom is 0.187 e. The molecule has 16 N–H and O–H groups in total. The number of fused-ring (bicyclic) bond motifs is 5. The van der Waals surface area contributed by atoms with E-state index in [2.05, 4.69) is 40.7 Å². The van der Waals surface area contributed by atoms with Gasteiger partial charge in [-0.1, -0.05) is 46.3 Å². The van der Waals surface area contributed by atoms with Gasteiger partial charge in [-0.15, -0.1) is 0 Å². The van der Waals surface area contributed by atoms with Gasteiger partial charge in [0.05, 0.1) is 50.8 Å². The first-order chi connectivity index (χ1) is 39.4. The van der Waals surface area contributed by atoms with Gasteiger partial charge in [0.25, 0.3) is 0 Å². The van der Waals surface area contributed by atoms with Crippen molar-refractivity contribution in [3.8, 4) is 0 Å². The summed E-state index contributed by atoms with van der Waals surface area (Å²) in [4.78, 5) is 0. The van der Waals surface area contributed by atoms with Crippen LogP contribution >= 0.6 is 0 Å². The second-order valence-electron chi connectivity index (χ2n) is 27.7. The van der Waals surface area contributed by atoms with Gasteiger partial charge in [-0.3, -0.25) is 0 Å². The van der Waals surface area contributed by atoms with E-state index in [-0.39, 0.29) is 47.7 Å². The molecule has 0 aromatic rings. The van der Waals surface area contributed by atoms with Gasteiger partial charge in [0.1, 0.15) is 110 Å². The van der Waals surface area contributed by atoms with Gasteiger partial charge in [0.15, 0.2) is 31.5 Å². The Morgan fingerprint density at radius 1 is 0.536 bits per heavy atom. The van der Waals surface area contributed by atoms with Crippen LogP contribution in [-0.4, -0.2) is 274 Å². The predicted octanol–water partition coefficient (Wildman–Crippen LogP) is -3.10. The fraction of sp³-hybridized carbons (Fsp3) is 0.966. The monoisotopic (exact) mass is 1210 g/mol. The molecule has 5 heterocycles. The van der Waals surface area contributed by atoms with Crippen LogP contribution in [0.4, 0.5) is 0 Å². The Balaban J connectivity index is 0.895. The van der Waals surface area contributed by atoms with Gasteiger partial charge in [-0.05, 0) is 124 Å². The summed E-state index contributed by atoms with van der Waals surface area (Å²) in [5.74, 6) is -0.533. The quantitative estimate of drug-likeness (QED) is 0.0507. The summed E-state index contributed by atoms with van der Waals surface area (Å²) in [5.41, 5.74) is -1.68. The third-order valence-corrected chi connectivity index (χ3v) is 22.2. The van der Waals surface area contributed by atoms with E-state index in [0.717, 1.165) is 24.8 Å². The van der Waals surface area contributed by atoms with Crippen molar-refractivity contribution in [2.45, 2.75) is 272 Å². The maximum atomic E-state index is 12.9. The molecule has 0 aromatic carbocycles. The minimum Gasteiger partial charge on any atom is -0.394 e. The topological polar surface area (TPSA) is 416 Å². The van der Waals surface area contributed by atoms with Crippen LogP contribution in [0, 0.1) is 45.3 Å². The summed E-state index contributed by atoms with van der Waals surface area (Å²) in [7, 11) is 0. The Morgan fingerprint density at radius 2 is 1.11 bits per heavy atom. The third kappa shape index (κ3) is 12.0. The minimum absolute atomic E-state index is 0.0238. The molecule has 33 atom stereocenters. The maximum absolute atomic E-state index is 12.9. The number of aliphatic hydroxyl groups is 16. The Hall–Kier alpha value is -1.30. The van der Waals surface area contributed by atoms with Crippen LogP contribution in [0.1, 0.15) is 113 Å². The Kier molecular flexibility index (Phi) is 20.6. The second kappa shape index (κ2) is 25.8. The number of aliphatic hydroxyl groups excluding tert-OH is 16. The molecule has 5 aliphatic heterocycles. The number of hydrogen-bond acceptors (Lipinski definition) is 26.